The third kappa shape index (κ3) is 3.04. The molecule has 0 aliphatic carbocycles. The predicted octanol–water partition coefficient (Wildman–Crippen LogP) is -2.45. The van der Waals surface area contributed by atoms with Gasteiger partial charge in [0.05, 0.1) is 5.97 Å². The Morgan fingerprint density at radius 3 is 2.14 bits per heavy atom. The van der Waals surface area contributed by atoms with E-state index in [4.69, 9.17) is 9.79 Å². The summed E-state index contributed by atoms with van der Waals surface area (Å²) in [6.45, 7) is 0.0234. The first-order chi connectivity index (χ1) is 6.11. The molecule has 0 spiro atoms. The average Bonchev–Trinajstić information content (AvgIpc) is 1.97. The predicted molar refractivity (Wildman–Crippen MR) is 45.2 cm³/mol. The van der Waals surface area contributed by atoms with Crippen molar-refractivity contribution in [3.63, 3.8) is 0 Å². The van der Waals surface area contributed by atoms with Crippen molar-refractivity contribution in [3.8, 4) is 0 Å². The Morgan fingerprint density at radius 1 is 1.50 bits per heavy atom. The fourth-order valence-corrected chi connectivity index (χ4v) is 1.38. The van der Waals surface area contributed by atoms with Gasteiger partial charge in [0.15, 0.2) is 0 Å². The van der Waals surface area contributed by atoms with E-state index in [1.54, 1.807) is 14.1 Å². The van der Waals surface area contributed by atoms with Crippen molar-refractivity contribution in [2.45, 2.75) is 11.8 Å². The first-order valence-electron chi connectivity index (χ1n) is 3.75. The first kappa shape index (κ1) is 13.5. The van der Waals surface area contributed by atoms with E-state index in [9.17, 15) is 19.6 Å². The Bertz CT molecular complexity index is 261. The molecule has 0 aromatic heterocycles. The van der Waals surface area contributed by atoms with Gasteiger partial charge in [-0.3, -0.25) is 4.57 Å². The molecular formula is C6H13NO6P-. The highest BCUT2D eigenvalue weighted by atomic mass is 31.2. The number of nitrogens with zero attached hydrogens (tertiary/aromatic N) is 1. The third-order valence-corrected chi connectivity index (χ3v) is 3.09. The van der Waals surface area contributed by atoms with Crippen LogP contribution in [-0.4, -0.2) is 51.7 Å². The number of rotatable bonds is 5. The minimum absolute atomic E-state index is 0.0234. The molecule has 0 radical (unpaired) electrons. The molecule has 7 nitrogen and oxygen atoms in total. The van der Waals surface area contributed by atoms with Crippen LogP contribution in [0, 0.1) is 0 Å². The van der Waals surface area contributed by atoms with Gasteiger partial charge < -0.3 is 29.7 Å². The van der Waals surface area contributed by atoms with E-state index in [0.29, 0.717) is 0 Å². The van der Waals surface area contributed by atoms with Crippen LogP contribution in [0.3, 0.4) is 0 Å². The zero-order chi connectivity index (χ0) is 11.6. The zero-order valence-corrected chi connectivity index (χ0v) is 8.77. The number of carboxylic acids is 1. The number of hydrogen-bond acceptors (Lipinski definition) is 5. The summed E-state index contributed by atoms with van der Waals surface area (Å²) in [4.78, 5) is 29.2. The van der Waals surface area contributed by atoms with Gasteiger partial charge in [-0.05, 0) is 14.1 Å². The lowest BCUT2D eigenvalue weighted by atomic mass is 10.2. The molecular weight excluding hydrogens is 213 g/mol. The van der Waals surface area contributed by atoms with Crippen molar-refractivity contribution in [1.29, 1.82) is 0 Å². The quantitative estimate of drug-likeness (QED) is 0.445. The molecule has 3 N–H and O–H groups in total. The molecule has 14 heavy (non-hydrogen) atoms. The standard InChI is InChI=1S/C6H14NO6P/c1-7(2)4-3-6(10,5(8)9)14(11,12)13/h10H,3-4H2,1-2H3,(H,8,9)(H2,11,12,13)/p-1. The molecule has 0 saturated carbocycles. The summed E-state index contributed by atoms with van der Waals surface area (Å²) in [5, 5.41) is 16.5. The van der Waals surface area contributed by atoms with E-state index in [2.05, 4.69) is 0 Å². The summed E-state index contributed by atoms with van der Waals surface area (Å²) in [6, 6.07) is 0. The minimum Gasteiger partial charge on any atom is -0.546 e. The summed E-state index contributed by atoms with van der Waals surface area (Å²) in [5.41, 5.74) is 0. The van der Waals surface area contributed by atoms with Crippen LogP contribution in [0.25, 0.3) is 0 Å². The second-order valence-corrected chi connectivity index (χ2v) is 5.03. The van der Waals surface area contributed by atoms with Crippen molar-refractivity contribution in [1.82, 2.24) is 4.90 Å². The van der Waals surface area contributed by atoms with Crippen molar-refractivity contribution in [2.75, 3.05) is 20.6 Å². The maximum atomic E-state index is 10.7. The molecule has 1 atom stereocenters. The van der Waals surface area contributed by atoms with Crippen molar-refractivity contribution >= 4 is 13.6 Å². The van der Waals surface area contributed by atoms with Crippen molar-refractivity contribution in [2.24, 2.45) is 0 Å². The molecule has 0 aromatic rings. The number of carbonyl (C=O) groups excluding carboxylic acids is 1. The summed E-state index contributed by atoms with van der Waals surface area (Å²) < 4.78 is 10.7. The average molecular weight is 226 g/mol. The van der Waals surface area contributed by atoms with Crippen LogP contribution < -0.4 is 5.11 Å². The lowest BCUT2D eigenvalue weighted by Crippen LogP contribution is -2.49. The summed E-state index contributed by atoms with van der Waals surface area (Å²) in [5.74, 6) is -2.16. The third-order valence-electron chi connectivity index (χ3n) is 1.72. The van der Waals surface area contributed by atoms with E-state index in [0.717, 1.165) is 0 Å². The van der Waals surface area contributed by atoms with Gasteiger partial charge in [-0.1, -0.05) is 0 Å². The topological polar surface area (TPSA) is 121 Å². The van der Waals surface area contributed by atoms with Gasteiger partial charge in [-0.2, -0.15) is 0 Å². The van der Waals surface area contributed by atoms with Crippen LogP contribution in [-0.2, 0) is 9.36 Å². The van der Waals surface area contributed by atoms with Crippen LogP contribution in [0.15, 0.2) is 0 Å². The lowest BCUT2D eigenvalue weighted by molar-refractivity contribution is -0.319. The molecule has 0 saturated heterocycles. The Balaban J connectivity index is 4.76. The van der Waals surface area contributed by atoms with E-state index in [1.165, 1.54) is 4.90 Å². The van der Waals surface area contributed by atoms with Crippen LogP contribution in [0.5, 0.6) is 0 Å². The number of aliphatic hydroxyl groups is 1. The molecule has 84 valence electrons. The van der Waals surface area contributed by atoms with E-state index < -0.39 is 25.3 Å². The molecule has 0 rings (SSSR count). The van der Waals surface area contributed by atoms with Gasteiger partial charge in [0.25, 0.3) is 0 Å². The monoisotopic (exact) mass is 226 g/mol. The maximum absolute atomic E-state index is 10.7. The van der Waals surface area contributed by atoms with Gasteiger partial charge in [-0.25, -0.2) is 0 Å². The molecule has 0 aliphatic heterocycles. The van der Waals surface area contributed by atoms with Crippen molar-refractivity contribution < 1.29 is 29.4 Å². The molecule has 1 unspecified atom stereocenters. The van der Waals surface area contributed by atoms with E-state index >= 15 is 0 Å². The van der Waals surface area contributed by atoms with Gasteiger partial charge in [0, 0.05) is 13.0 Å². The lowest BCUT2D eigenvalue weighted by Gasteiger charge is -2.30. The fourth-order valence-electron chi connectivity index (χ4n) is 0.746. The summed E-state index contributed by atoms with van der Waals surface area (Å²) in [7, 11) is -1.98. The number of aliphatic carboxylic acids is 1. The van der Waals surface area contributed by atoms with E-state index in [-0.39, 0.29) is 6.54 Å². The van der Waals surface area contributed by atoms with Crippen LogP contribution in [0.1, 0.15) is 6.42 Å². The zero-order valence-electron chi connectivity index (χ0n) is 7.88. The van der Waals surface area contributed by atoms with Crippen LogP contribution >= 0.6 is 7.60 Å². The molecule has 8 heteroatoms. The number of hydrogen-bond donors (Lipinski definition) is 3. The minimum atomic E-state index is -5.13. The Hall–Kier alpha value is -0.460. The Morgan fingerprint density at radius 2 is 1.93 bits per heavy atom. The summed E-state index contributed by atoms with van der Waals surface area (Å²) >= 11 is 0. The fraction of sp³-hybridized carbons (Fsp3) is 0.833. The molecule has 0 fully saturated rings. The molecule has 0 aromatic carbocycles. The highest BCUT2D eigenvalue weighted by molar-refractivity contribution is 7.54. The van der Waals surface area contributed by atoms with Crippen LogP contribution in [0.4, 0.5) is 0 Å². The van der Waals surface area contributed by atoms with Gasteiger partial charge in [-0.15, -0.1) is 0 Å². The summed E-state index contributed by atoms with van der Waals surface area (Å²) in [6.07, 6.45) is -0.591. The SMILES string of the molecule is CN(C)CCC(O)(C(=O)[O-])P(=O)(O)O. The first-order valence-corrected chi connectivity index (χ1v) is 5.36. The highest BCUT2D eigenvalue weighted by Gasteiger charge is 2.46. The number of carbonyl (C=O) groups is 1. The van der Waals surface area contributed by atoms with Crippen LogP contribution in [0.2, 0.25) is 0 Å². The Kier molecular flexibility index (Phi) is 4.23. The van der Waals surface area contributed by atoms with Gasteiger partial charge in [0.1, 0.15) is 0 Å². The molecule has 0 bridgehead atoms. The second kappa shape index (κ2) is 4.37. The normalized spacial score (nSPS) is 16.7. The molecule has 0 heterocycles. The Labute approximate surface area is 81.1 Å². The van der Waals surface area contributed by atoms with Gasteiger partial charge >= 0.3 is 7.60 Å². The smallest absolute Gasteiger partial charge is 0.362 e. The maximum Gasteiger partial charge on any atom is 0.362 e. The second-order valence-electron chi connectivity index (χ2n) is 3.20. The largest absolute Gasteiger partial charge is 0.546 e. The highest BCUT2D eigenvalue weighted by Crippen LogP contribution is 2.50. The number of carboxylic acid groups (broad SMARTS) is 1. The van der Waals surface area contributed by atoms with E-state index in [1.807, 2.05) is 0 Å². The van der Waals surface area contributed by atoms with Crippen molar-refractivity contribution in [3.05, 3.63) is 0 Å². The molecule has 0 amide bonds. The van der Waals surface area contributed by atoms with Gasteiger partial charge in [0.2, 0.25) is 5.34 Å². The molecule has 0 aliphatic rings.